The molecule has 2 heterocycles. The molecule has 0 saturated carbocycles. The van der Waals surface area contributed by atoms with Crippen molar-refractivity contribution in [3.8, 4) is 5.69 Å². The SMILES string of the molecule is Cn1nc(C2CCCN(C(=O)c3cccc([N+](=O)[O-])c3)C2)n(-c2ccccc2)c1=O. The number of para-hydroxylation sites is 1. The summed E-state index contributed by atoms with van der Waals surface area (Å²) in [5.41, 5.74) is 0.662. The van der Waals surface area contributed by atoms with Crippen LogP contribution in [0.1, 0.15) is 34.9 Å². The molecule has 1 aliphatic rings. The van der Waals surface area contributed by atoms with Gasteiger partial charge >= 0.3 is 5.69 Å². The van der Waals surface area contributed by atoms with Gasteiger partial charge in [-0.2, -0.15) is 5.10 Å². The predicted octanol–water partition coefficient (Wildman–Crippen LogP) is 2.50. The number of aromatic nitrogens is 3. The number of non-ortho nitro benzene ring substituents is 1. The molecule has 9 heteroatoms. The highest BCUT2D eigenvalue weighted by Crippen LogP contribution is 2.28. The Bertz CT molecular complexity index is 1150. The molecule has 0 bridgehead atoms. The van der Waals surface area contributed by atoms with Crippen molar-refractivity contribution in [2.75, 3.05) is 13.1 Å². The first-order valence-electron chi connectivity index (χ1n) is 9.71. The van der Waals surface area contributed by atoms with Crippen LogP contribution < -0.4 is 5.69 Å². The minimum atomic E-state index is -0.512. The van der Waals surface area contributed by atoms with Crippen molar-refractivity contribution in [3.63, 3.8) is 0 Å². The Labute approximate surface area is 172 Å². The first-order chi connectivity index (χ1) is 14.5. The maximum absolute atomic E-state index is 13.0. The van der Waals surface area contributed by atoms with Gasteiger partial charge < -0.3 is 4.90 Å². The summed E-state index contributed by atoms with van der Waals surface area (Å²) in [5, 5.41) is 15.5. The van der Waals surface area contributed by atoms with Crippen molar-refractivity contribution in [2.24, 2.45) is 7.05 Å². The molecule has 2 aromatic carbocycles. The second kappa shape index (κ2) is 7.94. The fourth-order valence-corrected chi connectivity index (χ4v) is 3.88. The molecule has 0 aliphatic carbocycles. The van der Waals surface area contributed by atoms with Crippen LogP contribution in [0.25, 0.3) is 5.69 Å². The normalized spacial score (nSPS) is 16.4. The Balaban J connectivity index is 1.63. The van der Waals surface area contributed by atoms with Crippen molar-refractivity contribution in [3.05, 3.63) is 86.6 Å². The number of nitrogens with zero attached hydrogens (tertiary/aromatic N) is 5. The topological polar surface area (TPSA) is 103 Å². The standard InChI is InChI=1S/C21H21N5O4/c1-23-21(28)25(17-9-3-2-4-10-17)19(22-23)16-8-6-12-24(14-16)20(27)15-7-5-11-18(13-15)26(29)30/h2-5,7,9-11,13,16H,6,8,12,14H2,1H3. The van der Waals surface area contributed by atoms with Gasteiger partial charge in [0.2, 0.25) is 0 Å². The maximum Gasteiger partial charge on any atom is 0.350 e. The third kappa shape index (κ3) is 3.61. The predicted molar refractivity (Wildman–Crippen MR) is 110 cm³/mol. The number of likely N-dealkylation sites (tertiary alicyclic amines) is 1. The van der Waals surface area contributed by atoms with E-state index in [2.05, 4.69) is 5.10 Å². The zero-order valence-corrected chi connectivity index (χ0v) is 16.5. The lowest BCUT2D eigenvalue weighted by molar-refractivity contribution is -0.384. The fraction of sp³-hybridized carbons (Fsp3) is 0.286. The number of nitro groups is 1. The molecule has 4 rings (SSSR count). The molecule has 3 aromatic rings. The number of amides is 1. The summed E-state index contributed by atoms with van der Waals surface area (Å²) < 4.78 is 2.90. The Hall–Kier alpha value is -3.75. The smallest absolute Gasteiger partial charge is 0.338 e. The molecular formula is C21H21N5O4. The number of rotatable bonds is 4. The van der Waals surface area contributed by atoms with E-state index in [0.717, 1.165) is 18.5 Å². The van der Waals surface area contributed by atoms with E-state index in [0.29, 0.717) is 18.9 Å². The minimum absolute atomic E-state index is 0.114. The van der Waals surface area contributed by atoms with Gasteiger partial charge in [0, 0.05) is 43.8 Å². The number of aryl methyl sites for hydroxylation is 1. The molecule has 1 unspecified atom stereocenters. The number of carbonyl (C=O) groups excluding carboxylic acids is 1. The van der Waals surface area contributed by atoms with E-state index in [1.165, 1.54) is 22.9 Å². The number of carbonyl (C=O) groups is 1. The second-order valence-electron chi connectivity index (χ2n) is 7.33. The molecule has 9 nitrogen and oxygen atoms in total. The Kier molecular flexibility index (Phi) is 5.18. The average Bonchev–Trinajstić information content (AvgIpc) is 3.08. The van der Waals surface area contributed by atoms with Crippen molar-refractivity contribution in [1.82, 2.24) is 19.2 Å². The van der Waals surface area contributed by atoms with E-state index in [1.807, 2.05) is 30.3 Å². The van der Waals surface area contributed by atoms with Gasteiger partial charge in [-0.1, -0.05) is 24.3 Å². The van der Waals surface area contributed by atoms with Crippen LogP contribution in [0, 0.1) is 10.1 Å². The Morgan fingerprint density at radius 1 is 1.17 bits per heavy atom. The van der Waals surface area contributed by atoms with Crippen LogP contribution in [-0.4, -0.2) is 43.2 Å². The molecule has 1 aliphatic heterocycles. The molecule has 1 atom stereocenters. The van der Waals surface area contributed by atoms with Crippen molar-refractivity contribution in [1.29, 1.82) is 0 Å². The van der Waals surface area contributed by atoms with Crippen LogP contribution in [-0.2, 0) is 7.05 Å². The van der Waals surface area contributed by atoms with E-state index < -0.39 is 4.92 Å². The first-order valence-corrected chi connectivity index (χ1v) is 9.71. The van der Waals surface area contributed by atoms with E-state index in [9.17, 15) is 19.7 Å². The highest BCUT2D eigenvalue weighted by atomic mass is 16.6. The molecule has 154 valence electrons. The molecule has 30 heavy (non-hydrogen) atoms. The van der Waals surface area contributed by atoms with Crippen LogP contribution in [0.4, 0.5) is 5.69 Å². The number of hydrogen-bond acceptors (Lipinski definition) is 5. The third-order valence-corrected chi connectivity index (χ3v) is 5.34. The molecule has 0 radical (unpaired) electrons. The zero-order chi connectivity index (χ0) is 21.3. The summed E-state index contributed by atoms with van der Waals surface area (Å²) in [6, 6.07) is 15.1. The van der Waals surface area contributed by atoms with Crippen LogP contribution in [0.5, 0.6) is 0 Å². The summed E-state index contributed by atoms with van der Waals surface area (Å²) in [6.45, 7) is 0.950. The van der Waals surface area contributed by atoms with Crippen LogP contribution in [0.15, 0.2) is 59.4 Å². The molecular weight excluding hydrogens is 386 g/mol. The average molecular weight is 407 g/mol. The van der Waals surface area contributed by atoms with Gasteiger partial charge in [0.05, 0.1) is 10.6 Å². The summed E-state index contributed by atoms with van der Waals surface area (Å²) in [4.78, 5) is 37.9. The van der Waals surface area contributed by atoms with Gasteiger partial charge in [-0.05, 0) is 31.0 Å². The lowest BCUT2D eigenvalue weighted by Gasteiger charge is -2.32. The number of hydrogen-bond donors (Lipinski definition) is 0. The first kappa shape index (κ1) is 19.6. The lowest BCUT2D eigenvalue weighted by Crippen LogP contribution is -2.40. The van der Waals surface area contributed by atoms with E-state index >= 15 is 0 Å². The summed E-state index contributed by atoms with van der Waals surface area (Å²) >= 11 is 0. The highest BCUT2D eigenvalue weighted by Gasteiger charge is 2.30. The Morgan fingerprint density at radius 3 is 2.67 bits per heavy atom. The minimum Gasteiger partial charge on any atom is -0.338 e. The monoisotopic (exact) mass is 407 g/mol. The maximum atomic E-state index is 13.0. The van der Waals surface area contributed by atoms with Crippen molar-refractivity contribution in [2.45, 2.75) is 18.8 Å². The van der Waals surface area contributed by atoms with E-state index in [-0.39, 0.29) is 28.8 Å². The molecule has 1 saturated heterocycles. The van der Waals surface area contributed by atoms with Crippen molar-refractivity contribution < 1.29 is 9.72 Å². The second-order valence-corrected chi connectivity index (χ2v) is 7.33. The van der Waals surface area contributed by atoms with Crippen molar-refractivity contribution >= 4 is 11.6 Å². The number of benzene rings is 2. The fourth-order valence-electron chi connectivity index (χ4n) is 3.88. The number of nitro benzene ring substituents is 1. The van der Waals surface area contributed by atoms with Gasteiger partial charge in [0.15, 0.2) is 0 Å². The third-order valence-electron chi connectivity index (χ3n) is 5.34. The highest BCUT2D eigenvalue weighted by molar-refractivity contribution is 5.95. The molecule has 1 amide bonds. The van der Waals surface area contributed by atoms with Gasteiger partial charge in [-0.3, -0.25) is 14.9 Å². The molecule has 0 spiro atoms. The van der Waals surface area contributed by atoms with Gasteiger partial charge in [0.25, 0.3) is 11.6 Å². The quantitative estimate of drug-likeness (QED) is 0.488. The number of piperidine rings is 1. The zero-order valence-electron chi connectivity index (χ0n) is 16.5. The summed E-state index contributed by atoms with van der Waals surface area (Å²) in [7, 11) is 1.61. The Morgan fingerprint density at radius 2 is 1.93 bits per heavy atom. The summed E-state index contributed by atoms with van der Waals surface area (Å²) in [6.07, 6.45) is 1.55. The molecule has 1 fully saturated rings. The van der Waals surface area contributed by atoms with E-state index in [4.69, 9.17) is 0 Å². The lowest BCUT2D eigenvalue weighted by atomic mass is 9.96. The van der Waals surface area contributed by atoms with Crippen LogP contribution >= 0.6 is 0 Å². The van der Waals surface area contributed by atoms with E-state index in [1.54, 1.807) is 22.6 Å². The van der Waals surface area contributed by atoms with Crippen LogP contribution in [0.2, 0.25) is 0 Å². The largest absolute Gasteiger partial charge is 0.350 e. The molecule has 0 N–H and O–H groups in total. The van der Waals surface area contributed by atoms with Crippen LogP contribution in [0.3, 0.4) is 0 Å². The van der Waals surface area contributed by atoms with Gasteiger partial charge in [-0.15, -0.1) is 0 Å². The molecule has 1 aromatic heterocycles. The van der Waals surface area contributed by atoms with Gasteiger partial charge in [-0.25, -0.2) is 14.0 Å². The van der Waals surface area contributed by atoms with Gasteiger partial charge in [0.1, 0.15) is 5.82 Å². The summed E-state index contributed by atoms with van der Waals surface area (Å²) in [5.74, 6) is 0.244.